The van der Waals surface area contributed by atoms with E-state index < -0.39 is 0 Å². The minimum Gasteiger partial charge on any atom is -0.372 e. The van der Waals surface area contributed by atoms with E-state index in [0.29, 0.717) is 5.78 Å². The molecule has 1 aromatic rings. The summed E-state index contributed by atoms with van der Waals surface area (Å²) < 4.78 is 0. The largest absolute Gasteiger partial charge is 0.372 e. The Morgan fingerprint density at radius 2 is 1.78 bits per heavy atom. The van der Waals surface area contributed by atoms with Crippen LogP contribution >= 0.6 is 24.8 Å². The Bertz CT molecular complexity index is 564. The van der Waals surface area contributed by atoms with Crippen LogP contribution in [-0.4, -0.2) is 31.0 Å². The Morgan fingerprint density at radius 1 is 1.00 bits per heavy atom. The number of anilines is 1. The number of Topliss-reactive ketones (excluding diaryl/α,β-unsaturated/α-hetero) is 1. The van der Waals surface area contributed by atoms with Crippen molar-refractivity contribution in [3.05, 3.63) is 29.3 Å². The first kappa shape index (κ1) is 18.6. The van der Waals surface area contributed by atoms with E-state index in [0.717, 1.165) is 44.5 Å². The summed E-state index contributed by atoms with van der Waals surface area (Å²) in [5.74, 6) is 0.351. The number of rotatable bonds is 1. The lowest BCUT2D eigenvalue weighted by Crippen LogP contribution is -2.56. The van der Waals surface area contributed by atoms with Crippen LogP contribution in [0.4, 0.5) is 5.69 Å². The van der Waals surface area contributed by atoms with Crippen LogP contribution in [0.3, 0.4) is 0 Å². The standard InChI is InChI=1S/C18H24N2O.2ClH/c21-17-16-13-15(20-11-3-4-12-20)6-5-14(16)7-9-18(17)8-1-2-10-19-18;;/h5-6,13,19H,1-4,7-12H2;2*1H. The maximum Gasteiger partial charge on any atom is 0.183 e. The molecule has 0 radical (unpaired) electrons. The molecular weight excluding hydrogens is 331 g/mol. The fourth-order valence-electron chi connectivity index (χ4n) is 4.26. The van der Waals surface area contributed by atoms with Gasteiger partial charge in [0.15, 0.2) is 5.78 Å². The molecule has 2 fully saturated rings. The second-order valence-electron chi connectivity index (χ2n) is 6.83. The van der Waals surface area contributed by atoms with Gasteiger partial charge in [-0.25, -0.2) is 0 Å². The summed E-state index contributed by atoms with van der Waals surface area (Å²) in [5.41, 5.74) is 3.22. The van der Waals surface area contributed by atoms with E-state index in [1.54, 1.807) is 0 Å². The predicted molar refractivity (Wildman–Crippen MR) is 99.6 cm³/mol. The summed E-state index contributed by atoms with van der Waals surface area (Å²) >= 11 is 0. The Kier molecular flexibility index (Phi) is 5.99. The molecule has 1 N–H and O–H groups in total. The number of nitrogens with zero attached hydrogens (tertiary/aromatic N) is 1. The Balaban J connectivity index is 0.000000960. The first-order chi connectivity index (χ1) is 10.3. The number of hydrogen-bond acceptors (Lipinski definition) is 3. The number of benzene rings is 1. The number of aryl methyl sites for hydroxylation is 1. The van der Waals surface area contributed by atoms with Crippen LogP contribution in [-0.2, 0) is 6.42 Å². The van der Waals surface area contributed by atoms with Crippen LogP contribution in [0, 0.1) is 0 Å². The summed E-state index contributed by atoms with van der Waals surface area (Å²) in [6.07, 6.45) is 7.96. The third-order valence-electron chi connectivity index (χ3n) is 5.56. The highest BCUT2D eigenvalue weighted by atomic mass is 35.5. The van der Waals surface area contributed by atoms with E-state index in [1.165, 1.54) is 36.9 Å². The molecule has 3 nitrogen and oxygen atoms in total. The number of halogens is 2. The Morgan fingerprint density at radius 3 is 2.48 bits per heavy atom. The summed E-state index contributed by atoms with van der Waals surface area (Å²) in [7, 11) is 0. The van der Waals surface area contributed by atoms with Crippen LogP contribution in [0.1, 0.15) is 54.4 Å². The molecule has 4 rings (SSSR count). The van der Waals surface area contributed by atoms with E-state index in [4.69, 9.17) is 0 Å². The van der Waals surface area contributed by atoms with Crippen molar-refractivity contribution in [2.45, 2.75) is 50.5 Å². The summed E-state index contributed by atoms with van der Waals surface area (Å²) in [4.78, 5) is 15.5. The van der Waals surface area contributed by atoms with Gasteiger partial charge in [-0.1, -0.05) is 6.07 Å². The number of piperidine rings is 1. The highest BCUT2D eigenvalue weighted by Gasteiger charge is 2.43. The van der Waals surface area contributed by atoms with Gasteiger partial charge < -0.3 is 10.2 Å². The predicted octanol–water partition coefficient (Wildman–Crippen LogP) is 3.77. The van der Waals surface area contributed by atoms with Crippen molar-refractivity contribution < 1.29 is 4.79 Å². The van der Waals surface area contributed by atoms with Crippen LogP contribution in [0.2, 0.25) is 0 Å². The smallest absolute Gasteiger partial charge is 0.183 e. The normalized spacial score (nSPS) is 26.4. The molecule has 1 unspecified atom stereocenters. The lowest BCUT2D eigenvalue weighted by molar-refractivity contribution is 0.0782. The minimum atomic E-state index is -0.255. The number of ketones is 1. The van der Waals surface area contributed by atoms with E-state index in [9.17, 15) is 4.79 Å². The van der Waals surface area contributed by atoms with Gasteiger partial charge in [0.2, 0.25) is 0 Å². The third-order valence-corrected chi connectivity index (χ3v) is 5.56. The molecule has 2 heterocycles. The average molecular weight is 357 g/mol. The molecular formula is C18H26Cl2N2O. The topological polar surface area (TPSA) is 32.3 Å². The third kappa shape index (κ3) is 3.24. The fourth-order valence-corrected chi connectivity index (χ4v) is 4.26. The molecule has 2 aliphatic heterocycles. The van der Waals surface area contributed by atoms with Crippen molar-refractivity contribution in [1.29, 1.82) is 0 Å². The molecule has 1 aromatic carbocycles. The minimum absolute atomic E-state index is 0. The van der Waals surface area contributed by atoms with E-state index >= 15 is 0 Å². The SMILES string of the molecule is Cl.Cl.O=C1c2cc(N3CCCC3)ccc2CCC12CCCCN2. The number of fused-ring (bicyclic) bond motifs is 1. The molecule has 1 aliphatic carbocycles. The first-order valence-corrected chi connectivity index (χ1v) is 8.46. The number of carbonyl (C=O) groups is 1. The van der Waals surface area contributed by atoms with Crippen LogP contribution < -0.4 is 10.2 Å². The van der Waals surface area contributed by atoms with Crippen molar-refractivity contribution in [3.8, 4) is 0 Å². The van der Waals surface area contributed by atoms with Gasteiger partial charge in [0.05, 0.1) is 5.54 Å². The highest BCUT2D eigenvalue weighted by Crippen LogP contribution is 2.36. The Hall–Kier alpha value is -0.770. The van der Waals surface area contributed by atoms with Gasteiger partial charge in [0.25, 0.3) is 0 Å². The zero-order chi connectivity index (χ0) is 14.3. The van der Waals surface area contributed by atoms with Crippen molar-refractivity contribution in [3.63, 3.8) is 0 Å². The van der Waals surface area contributed by atoms with Crippen molar-refractivity contribution in [1.82, 2.24) is 5.32 Å². The number of nitrogens with one attached hydrogen (secondary N) is 1. The molecule has 0 bridgehead atoms. The lowest BCUT2D eigenvalue weighted by atomic mass is 9.72. The van der Waals surface area contributed by atoms with Crippen LogP contribution in [0.25, 0.3) is 0 Å². The molecule has 1 atom stereocenters. The summed E-state index contributed by atoms with van der Waals surface area (Å²) in [5, 5.41) is 3.55. The van der Waals surface area contributed by atoms with Gasteiger partial charge in [-0.05, 0) is 69.2 Å². The average Bonchev–Trinajstić information content (AvgIpc) is 3.07. The maximum absolute atomic E-state index is 13.1. The zero-order valence-electron chi connectivity index (χ0n) is 13.5. The molecule has 1 spiro atoms. The molecule has 0 saturated carbocycles. The molecule has 3 aliphatic rings. The van der Waals surface area contributed by atoms with E-state index in [-0.39, 0.29) is 30.4 Å². The lowest BCUT2D eigenvalue weighted by Gasteiger charge is -2.40. The maximum atomic E-state index is 13.1. The Labute approximate surface area is 151 Å². The molecule has 23 heavy (non-hydrogen) atoms. The quantitative estimate of drug-likeness (QED) is 0.830. The van der Waals surface area contributed by atoms with Gasteiger partial charge in [0.1, 0.15) is 0 Å². The van der Waals surface area contributed by atoms with Gasteiger partial charge in [-0.15, -0.1) is 24.8 Å². The van der Waals surface area contributed by atoms with E-state index in [2.05, 4.69) is 28.4 Å². The molecule has 128 valence electrons. The van der Waals surface area contributed by atoms with Gasteiger partial charge in [-0.3, -0.25) is 4.79 Å². The second kappa shape index (κ2) is 7.42. The zero-order valence-corrected chi connectivity index (χ0v) is 15.1. The van der Waals surface area contributed by atoms with Crippen LogP contribution in [0.15, 0.2) is 18.2 Å². The van der Waals surface area contributed by atoms with Crippen LogP contribution in [0.5, 0.6) is 0 Å². The summed E-state index contributed by atoms with van der Waals surface area (Å²) in [6.45, 7) is 3.26. The fraction of sp³-hybridized carbons (Fsp3) is 0.611. The van der Waals surface area contributed by atoms with Gasteiger partial charge >= 0.3 is 0 Å². The monoisotopic (exact) mass is 356 g/mol. The first-order valence-electron chi connectivity index (χ1n) is 8.46. The summed E-state index contributed by atoms with van der Waals surface area (Å²) in [6, 6.07) is 6.57. The van der Waals surface area contributed by atoms with Gasteiger partial charge in [0, 0.05) is 24.3 Å². The molecule has 5 heteroatoms. The number of carbonyl (C=O) groups excluding carboxylic acids is 1. The molecule has 0 amide bonds. The van der Waals surface area contributed by atoms with E-state index in [1.807, 2.05) is 0 Å². The molecule has 2 saturated heterocycles. The van der Waals surface area contributed by atoms with Crippen molar-refractivity contribution in [2.24, 2.45) is 0 Å². The molecule has 0 aromatic heterocycles. The highest BCUT2D eigenvalue weighted by molar-refractivity contribution is 6.06. The van der Waals surface area contributed by atoms with Crippen molar-refractivity contribution >= 4 is 36.3 Å². The van der Waals surface area contributed by atoms with Gasteiger partial charge in [-0.2, -0.15) is 0 Å². The van der Waals surface area contributed by atoms with Crippen molar-refractivity contribution in [2.75, 3.05) is 24.5 Å². The number of hydrogen-bond donors (Lipinski definition) is 1. The second-order valence-corrected chi connectivity index (χ2v) is 6.83.